The molecule has 1 aromatic rings. The van der Waals surface area contributed by atoms with E-state index in [0.717, 1.165) is 0 Å². The number of aromatic nitrogens is 1. The lowest BCUT2D eigenvalue weighted by atomic mass is 9.97. The van der Waals surface area contributed by atoms with Gasteiger partial charge in [-0.15, -0.1) is 0 Å². The zero-order chi connectivity index (χ0) is 38.7. The topological polar surface area (TPSA) is 3.88 Å². The fourth-order valence-corrected chi connectivity index (χ4v) is 8.74. The van der Waals surface area contributed by atoms with Crippen LogP contribution in [0.1, 0.15) is 302 Å². The molecule has 318 valence electrons. The number of hydrogen-bond donors (Lipinski definition) is 0. The molecule has 0 saturated carbocycles. The third-order valence-corrected chi connectivity index (χ3v) is 12.6. The van der Waals surface area contributed by atoms with Crippen molar-refractivity contribution in [2.24, 2.45) is 0 Å². The summed E-state index contributed by atoms with van der Waals surface area (Å²) < 4.78 is 2.55. The fourth-order valence-electron chi connectivity index (χ4n) is 8.74. The maximum absolute atomic E-state index is 2.57. The second-order valence-electron chi connectivity index (χ2n) is 18.0. The maximum atomic E-state index is 2.57. The first-order valence-electron chi connectivity index (χ1n) is 25.8. The molecule has 1 heterocycles. The predicted molar refractivity (Wildman–Crippen MR) is 245 cm³/mol. The van der Waals surface area contributed by atoms with Crippen LogP contribution in [0, 0.1) is 0 Å². The Morgan fingerprint density at radius 3 is 0.815 bits per heavy atom. The Kier molecular flexibility index (Phi) is 41.0. The molecule has 0 amide bonds. The van der Waals surface area contributed by atoms with Crippen LogP contribution in [0.5, 0.6) is 0 Å². The van der Waals surface area contributed by atoms with E-state index in [1.54, 1.807) is 11.1 Å². The highest BCUT2D eigenvalue weighted by Crippen LogP contribution is 2.19. The summed E-state index contributed by atoms with van der Waals surface area (Å²) in [5, 5.41) is 0. The third-order valence-electron chi connectivity index (χ3n) is 12.6. The Bertz CT molecular complexity index is 844. The molecule has 1 rings (SSSR count). The highest BCUT2D eigenvalue weighted by Gasteiger charge is 2.10. The number of rotatable bonds is 45. The van der Waals surface area contributed by atoms with Crippen molar-refractivity contribution >= 4 is 0 Å². The van der Waals surface area contributed by atoms with Gasteiger partial charge in [0.25, 0.3) is 0 Å². The van der Waals surface area contributed by atoms with Gasteiger partial charge < -0.3 is 0 Å². The minimum Gasteiger partial charge on any atom is -0.205 e. The zero-order valence-corrected chi connectivity index (χ0v) is 38.0. The molecule has 0 fully saturated rings. The molecule has 1 aromatic heterocycles. The largest absolute Gasteiger partial charge is 0.205 e. The monoisotopic (exact) mass is 753 g/mol. The standard InChI is InChI=1S/C53H102N/c1-4-7-10-13-16-19-22-25-27-29-31-34-37-40-43-46-52-48-50-54(49-45-42-39-36-33-24-21-18-15-12-9-6-3)51-53(52)47-44-41-38-35-32-30-28-26-23-20-17-14-11-8-5-2/h48,50-51H,4-47,49H2,1-3H3/q+1. The number of unbranched alkanes of at least 4 members (excludes halogenated alkanes) is 39. The van der Waals surface area contributed by atoms with E-state index in [9.17, 15) is 0 Å². The Balaban J connectivity index is 2.28. The lowest BCUT2D eigenvalue weighted by molar-refractivity contribution is -0.697. The van der Waals surface area contributed by atoms with E-state index in [0.29, 0.717) is 0 Å². The van der Waals surface area contributed by atoms with Gasteiger partial charge in [-0.1, -0.05) is 265 Å². The Morgan fingerprint density at radius 2 is 0.519 bits per heavy atom. The number of pyridine rings is 1. The molecule has 54 heavy (non-hydrogen) atoms. The van der Waals surface area contributed by atoms with Crippen LogP contribution < -0.4 is 4.57 Å². The Morgan fingerprint density at radius 1 is 0.278 bits per heavy atom. The van der Waals surface area contributed by atoms with Crippen LogP contribution in [0.3, 0.4) is 0 Å². The van der Waals surface area contributed by atoms with Gasteiger partial charge >= 0.3 is 0 Å². The summed E-state index contributed by atoms with van der Waals surface area (Å²) in [6.07, 6.45) is 68.3. The van der Waals surface area contributed by atoms with E-state index in [1.807, 2.05) is 0 Å². The van der Waals surface area contributed by atoms with Crippen LogP contribution in [0.25, 0.3) is 0 Å². The van der Waals surface area contributed by atoms with Crippen LogP contribution in [0.2, 0.25) is 0 Å². The van der Waals surface area contributed by atoms with Crippen molar-refractivity contribution in [1.29, 1.82) is 0 Å². The summed E-state index contributed by atoms with van der Waals surface area (Å²) in [6.45, 7) is 8.16. The van der Waals surface area contributed by atoms with Crippen molar-refractivity contribution in [3.63, 3.8) is 0 Å². The Hall–Kier alpha value is -0.850. The molecule has 0 bridgehead atoms. The average Bonchev–Trinajstić information content (AvgIpc) is 3.18. The quantitative estimate of drug-likeness (QED) is 0.0461. The molecule has 0 aliphatic heterocycles. The molecule has 0 radical (unpaired) electrons. The first-order chi connectivity index (χ1) is 26.8. The average molecular weight is 753 g/mol. The van der Waals surface area contributed by atoms with Gasteiger partial charge in [-0.2, -0.15) is 0 Å². The second kappa shape index (κ2) is 43.3. The van der Waals surface area contributed by atoms with Gasteiger partial charge in [0.1, 0.15) is 6.54 Å². The second-order valence-corrected chi connectivity index (χ2v) is 18.0. The summed E-state index contributed by atoms with van der Waals surface area (Å²) >= 11 is 0. The molecule has 0 N–H and O–H groups in total. The van der Waals surface area contributed by atoms with Gasteiger partial charge in [-0.25, -0.2) is 4.57 Å². The van der Waals surface area contributed by atoms with Gasteiger partial charge in [0.05, 0.1) is 0 Å². The van der Waals surface area contributed by atoms with Crippen LogP contribution in [-0.2, 0) is 19.4 Å². The molecule has 0 saturated heterocycles. The van der Waals surface area contributed by atoms with E-state index in [-0.39, 0.29) is 0 Å². The molecule has 1 heteroatoms. The van der Waals surface area contributed by atoms with Gasteiger partial charge in [-0.05, 0) is 37.7 Å². The lowest BCUT2D eigenvalue weighted by Crippen LogP contribution is -2.34. The molecule has 1 nitrogen and oxygen atoms in total. The van der Waals surface area contributed by atoms with Crippen LogP contribution in [0.4, 0.5) is 0 Å². The van der Waals surface area contributed by atoms with Crippen molar-refractivity contribution in [1.82, 2.24) is 0 Å². The van der Waals surface area contributed by atoms with E-state index in [4.69, 9.17) is 0 Å². The van der Waals surface area contributed by atoms with E-state index in [1.165, 1.54) is 289 Å². The van der Waals surface area contributed by atoms with Crippen molar-refractivity contribution in [3.05, 3.63) is 29.6 Å². The molecular formula is C53H102N+. The van der Waals surface area contributed by atoms with E-state index >= 15 is 0 Å². The van der Waals surface area contributed by atoms with Crippen LogP contribution in [0.15, 0.2) is 18.5 Å². The molecule has 0 unspecified atom stereocenters. The van der Waals surface area contributed by atoms with Crippen molar-refractivity contribution < 1.29 is 4.57 Å². The summed E-state index contributed by atoms with van der Waals surface area (Å²) in [6, 6.07) is 2.52. The number of hydrogen-bond acceptors (Lipinski definition) is 0. The van der Waals surface area contributed by atoms with Crippen molar-refractivity contribution in [2.75, 3.05) is 0 Å². The summed E-state index contributed by atoms with van der Waals surface area (Å²) in [5.74, 6) is 0. The molecular weight excluding hydrogens is 651 g/mol. The predicted octanol–water partition coefficient (Wildman–Crippen LogP) is 18.5. The van der Waals surface area contributed by atoms with Gasteiger partial charge in [0.2, 0.25) is 0 Å². The van der Waals surface area contributed by atoms with Gasteiger partial charge in [0, 0.05) is 18.1 Å². The molecule has 0 aliphatic carbocycles. The van der Waals surface area contributed by atoms with Crippen LogP contribution >= 0.6 is 0 Å². The first kappa shape index (κ1) is 51.2. The van der Waals surface area contributed by atoms with E-state index < -0.39 is 0 Å². The molecule has 0 spiro atoms. The first-order valence-corrected chi connectivity index (χ1v) is 25.8. The lowest BCUT2D eigenvalue weighted by Gasteiger charge is -2.10. The third kappa shape index (κ3) is 35.6. The highest BCUT2D eigenvalue weighted by atomic mass is 14.9. The van der Waals surface area contributed by atoms with Crippen LogP contribution in [-0.4, -0.2) is 0 Å². The van der Waals surface area contributed by atoms with Crippen molar-refractivity contribution in [2.45, 2.75) is 310 Å². The molecule has 0 atom stereocenters. The van der Waals surface area contributed by atoms with E-state index in [2.05, 4.69) is 43.8 Å². The summed E-state index contributed by atoms with van der Waals surface area (Å²) in [4.78, 5) is 0. The summed E-state index contributed by atoms with van der Waals surface area (Å²) in [5.41, 5.74) is 3.34. The Labute approximate surface area is 342 Å². The normalized spacial score (nSPS) is 11.6. The highest BCUT2D eigenvalue weighted by molar-refractivity contribution is 5.21. The SMILES string of the molecule is CCCCCCCCCCCCCCCCCc1cc[n+](CCCCCCCCCCCCCC)cc1CCCCCCCCCCCCCCCCC. The molecule has 0 aliphatic rings. The zero-order valence-electron chi connectivity index (χ0n) is 38.0. The van der Waals surface area contributed by atoms with Crippen molar-refractivity contribution in [3.8, 4) is 0 Å². The minimum absolute atomic E-state index is 1.21. The maximum Gasteiger partial charge on any atom is 0.172 e. The molecule has 0 aromatic carbocycles. The summed E-state index contributed by atoms with van der Waals surface area (Å²) in [7, 11) is 0. The smallest absolute Gasteiger partial charge is 0.172 e. The van der Waals surface area contributed by atoms with Gasteiger partial charge in [-0.3, -0.25) is 0 Å². The number of nitrogens with zero attached hydrogens (tertiary/aromatic N) is 1. The number of aryl methyl sites for hydroxylation is 3. The minimum atomic E-state index is 1.21. The fraction of sp³-hybridized carbons (Fsp3) is 0.906. The van der Waals surface area contributed by atoms with Gasteiger partial charge in [0.15, 0.2) is 12.4 Å².